The number of nitrogens with one attached hydrogen (secondary N) is 1. The molecule has 0 bridgehead atoms. The van der Waals surface area contributed by atoms with Crippen molar-refractivity contribution in [2.24, 2.45) is 0 Å². The van der Waals surface area contributed by atoms with Crippen LogP contribution in [0.3, 0.4) is 0 Å². The number of hydrogen-bond acceptors (Lipinski definition) is 3. The van der Waals surface area contributed by atoms with Gasteiger partial charge in [-0.1, -0.05) is 0 Å². The zero-order valence-corrected chi connectivity index (χ0v) is 11.0. The summed E-state index contributed by atoms with van der Waals surface area (Å²) in [6.45, 7) is 3.35. The maximum absolute atomic E-state index is 12.7. The smallest absolute Gasteiger partial charge is 0.238 e. The van der Waals surface area contributed by atoms with Gasteiger partial charge in [-0.15, -0.1) is 0 Å². The second-order valence-electron chi connectivity index (χ2n) is 5.37. The van der Waals surface area contributed by atoms with Gasteiger partial charge >= 0.3 is 0 Å². The van der Waals surface area contributed by atoms with Crippen LogP contribution in [-0.4, -0.2) is 41.1 Å². The topological polar surface area (TPSA) is 52.6 Å². The van der Waals surface area contributed by atoms with Crippen LogP contribution in [0.2, 0.25) is 0 Å². The fourth-order valence-corrected chi connectivity index (χ4v) is 2.40. The molecule has 4 nitrogen and oxygen atoms in total. The average molecular weight is 266 g/mol. The van der Waals surface area contributed by atoms with E-state index in [1.165, 1.54) is 24.3 Å². The van der Waals surface area contributed by atoms with Crippen LogP contribution < -0.4 is 5.32 Å². The first-order chi connectivity index (χ1) is 8.94. The lowest BCUT2D eigenvalue weighted by Gasteiger charge is -2.36. The fraction of sp³-hybridized carbons (Fsp3) is 0.500. The highest BCUT2D eigenvalue weighted by molar-refractivity contribution is 5.92. The van der Waals surface area contributed by atoms with Crippen molar-refractivity contribution < 1.29 is 14.3 Å². The molecule has 1 amide bonds. The SMILES string of the molecule is CC1(O)CCCN(CC(=O)Nc2ccc(F)cc2)C1. The van der Waals surface area contributed by atoms with Gasteiger partial charge in [-0.3, -0.25) is 9.69 Å². The van der Waals surface area contributed by atoms with Crippen LogP contribution >= 0.6 is 0 Å². The molecule has 0 radical (unpaired) electrons. The van der Waals surface area contributed by atoms with Gasteiger partial charge in [-0.2, -0.15) is 0 Å². The Bertz CT molecular complexity index is 445. The van der Waals surface area contributed by atoms with Crippen molar-refractivity contribution in [1.82, 2.24) is 4.90 Å². The van der Waals surface area contributed by atoms with Crippen molar-refractivity contribution in [2.45, 2.75) is 25.4 Å². The summed E-state index contributed by atoms with van der Waals surface area (Å²) in [5.74, 6) is -0.477. The third-order valence-corrected chi connectivity index (χ3v) is 3.25. The molecule has 1 atom stereocenters. The summed E-state index contributed by atoms with van der Waals surface area (Å²) in [6, 6.07) is 5.67. The van der Waals surface area contributed by atoms with E-state index in [2.05, 4.69) is 5.32 Å². The van der Waals surface area contributed by atoms with Gasteiger partial charge in [-0.05, 0) is 50.6 Å². The van der Waals surface area contributed by atoms with E-state index < -0.39 is 5.60 Å². The van der Waals surface area contributed by atoms with E-state index in [-0.39, 0.29) is 18.3 Å². The van der Waals surface area contributed by atoms with Crippen LogP contribution in [0.1, 0.15) is 19.8 Å². The average Bonchev–Trinajstić information content (AvgIpc) is 2.30. The molecule has 1 unspecified atom stereocenters. The summed E-state index contributed by atoms with van der Waals surface area (Å²) in [4.78, 5) is 13.8. The molecule has 1 heterocycles. The van der Waals surface area contributed by atoms with Crippen LogP contribution in [-0.2, 0) is 4.79 Å². The maximum atomic E-state index is 12.7. The first-order valence-corrected chi connectivity index (χ1v) is 6.45. The number of carbonyl (C=O) groups is 1. The number of aliphatic hydroxyl groups is 1. The van der Waals surface area contributed by atoms with Gasteiger partial charge in [-0.25, -0.2) is 4.39 Å². The molecule has 0 aliphatic carbocycles. The number of carbonyl (C=O) groups excluding carboxylic acids is 1. The van der Waals surface area contributed by atoms with Gasteiger partial charge in [0.05, 0.1) is 12.1 Å². The van der Waals surface area contributed by atoms with Crippen molar-refractivity contribution >= 4 is 11.6 Å². The minimum absolute atomic E-state index is 0.149. The number of hydrogen-bond donors (Lipinski definition) is 2. The quantitative estimate of drug-likeness (QED) is 0.874. The van der Waals surface area contributed by atoms with Crippen molar-refractivity contribution in [3.63, 3.8) is 0 Å². The molecule has 1 aliphatic heterocycles. The normalized spacial score (nSPS) is 24.2. The number of likely N-dealkylation sites (tertiary alicyclic amines) is 1. The molecule has 1 aromatic rings. The summed E-state index contributed by atoms with van der Waals surface area (Å²) < 4.78 is 12.7. The molecule has 0 spiro atoms. The zero-order chi connectivity index (χ0) is 13.9. The first kappa shape index (κ1) is 14.0. The van der Waals surface area contributed by atoms with Crippen LogP contribution in [0, 0.1) is 5.82 Å². The molecular weight excluding hydrogens is 247 g/mol. The van der Waals surface area contributed by atoms with Gasteiger partial charge in [0.1, 0.15) is 5.82 Å². The first-order valence-electron chi connectivity index (χ1n) is 6.45. The van der Waals surface area contributed by atoms with Crippen molar-refractivity contribution in [2.75, 3.05) is 25.0 Å². The molecular formula is C14H19FN2O2. The Morgan fingerprint density at radius 1 is 1.47 bits per heavy atom. The number of anilines is 1. The molecule has 2 N–H and O–H groups in total. The minimum Gasteiger partial charge on any atom is -0.389 e. The zero-order valence-electron chi connectivity index (χ0n) is 11.0. The third-order valence-electron chi connectivity index (χ3n) is 3.25. The number of benzene rings is 1. The Kier molecular flexibility index (Phi) is 4.17. The van der Waals surface area contributed by atoms with E-state index in [4.69, 9.17) is 0 Å². The molecule has 2 rings (SSSR count). The Balaban J connectivity index is 1.85. The van der Waals surface area contributed by atoms with Crippen molar-refractivity contribution in [3.8, 4) is 0 Å². The lowest BCUT2D eigenvalue weighted by atomic mass is 9.95. The number of β-amino-alcohol motifs (C(OH)–C–C–N with tert-alkyl or cyclic N) is 1. The monoisotopic (exact) mass is 266 g/mol. The minimum atomic E-state index is -0.714. The number of piperidine rings is 1. The van der Waals surface area contributed by atoms with Crippen LogP contribution in [0.15, 0.2) is 24.3 Å². The van der Waals surface area contributed by atoms with Crippen molar-refractivity contribution in [1.29, 1.82) is 0 Å². The predicted molar refractivity (Wildman–Crippen MR) is 71.3 cm³/mol. The van der Waals surface area contributed by atoms with Gasteiger partial charge in [0.25, 0.3) is 0 Å². The molecule has 5 heteroatoms. The molecule has 1 saturated heterocycles. The molecule has 1 fully saturated rings. The predicted octanol–water partition coefficient (Wildman–Crippen LogP) is 1.61. The summed E-state index contributed by atoms with van der Waals surface area (Å²) in [6.07, 6.45) is 1.65. The highest BCUT2D eigenvalue weighted by atomic mass is 19.1. The molecule has 19 heavy (non-hydrogen) atoms. The maximum Gasteiger partial charge on any atom is 0.238 e. The summed E-state index contributed by atoms with van der Waals surface area (Å²) in [5, 5.41) is 12.7. The second kappa shape index (κ2) is 5.67. The molecule has 0 aromatic heterocycles. The number of amides is 1. The van der Waals surface area contributed by atoms with E-state index in [1.807, 2.05) is 4.90 Å². The van der Waals surface area contributed by atoms with Crippen LogP contribution in [0.25, 0.3) is 0 Å². The van der Waals surface area contributed by atoms with Crippen LogP contribution in [0.5, 0.6) is 0 Å². The third kappa shape index (κ3) is 4.29. The van der Waals surface area contributed by atoms with Gasteiger partial charge in [0.2, 0.25) is 5.91 Å². The van der Waals surface area contributed by atoms with Crippen molar-refractivity contribution in [3.05, 3.63) is 30.1 Å². The fourth-order valence-electron chi connectivity index (χ4n) is 2.40. The summed E-state index contributed by atoms with van der Waals surface area (Å²) in [5.41, 5.74) is -0.135. The number of nitrogens with zero attached hydrogens (tertiary/aromatic N) is 1. The molecule has 0 saturated carbocycles. The summed E-state index contributed by atoms with van der Waals surface area (Å²) >= 11 is 0. The highest BCUT2D eigenvalue weighted by Gasteiger charge is 2.29. The van der Waals surface area contributed by atoms with Gasteiger partial charge in [0.15, 0.2) is 0 Å². The molecule has 1 aromatic carbocycles. The number of halogens is 1. The molecule has 1 aliphatic rings. The molecule has 104 valence electrons. The lowest BCUT2D eigenvalue weighted by molar-refractivity contribution is -0.118. The Morgan fingerprint density at radius 3 is 2.79 bits per heavy atom. The largest absolute Gasteiger partial charge is 0.389 e. The van der Waals surface area contributed by atoms with E-state index in [1.54, 1.807) is 6.92 Å². The van der Waals surface area contributed by atoms with E-state index in [9.17, 15) is 14.3 Å². The summed E-state index contributed by atoms with van der Waals surface area (Å²) in [7, 11) is 0. The van der Waals surface area contributed by atoms with Crippen LogP contribution in [0.4, 0.5) is 10.1 Å². The van der Waals surface area contributed by atoms with E-state index in [0.29, 0.717) is 12.2 Å². The lowest BCUT2D eigenvalue weighted by Crippen LogP contribution is -2.48. The second-order valence-corrected chi connectivity index (χ2v) is 5.37. The van der Waals surface area contributed by atoms with E-state index in [0.717, 1.165) is 19.4 Å². The number of rotatable bonds is 3. The Labute approximate surface area is 112 Å². The Morgan fingerprint density at radius 2 is 2.16 bits per heavy atom. The van der Waals surface area contributed by atoms with Gasteiger partial charge in [0, 0.05) is 12.2 Å². The Hall–Kier alpha value is -1.46. The van der Waals surface area contributed by atoms with Gasteiger partial charge < -0.3 is 10.4 Å². The van der Waals surface area contributed by atoms with E-state index >= 15 is 0 Å². The standard InChI is InChI=1S/C14H19FN2O2/c1-14(19)7-2-8-17(10-14)9-13(18)16-12-5-3-11(15)4-6-12/h3-6,19H,2,7-10H2,1H3,(H,16,18). The highest BCUT2D eigenvalue weighted by Crippen LogP contribution is 2.20.